The van der Waals surface area contributed by atoms with E-state index in [4.69, 9.17) is 4.74 Å². The predicted octanol–water partition coefficient (Wildman–Crippen LogP) is 1.91. The molecule has 0 aliphatic rings. The van der Waals surface area contributed by atoms with Gasteiger partial charge in [-0.25, -0.2) is 4.98 Å². The Kier molecular flexibility index (Phi) is 4.98. The highest BCUT2D eigenvalue weighted by molar-refractivity contribution is 7.17. The van der Waals surface area contributed by atoms with Crippen LogP contribution in [0.15, 0.2) is 30.6 Å². The zero-order chi connectivity index (χ0) is 17.1. The summed E-state index contributed by atoms with van der Waals surface area (Å²) in [5.74, 6) is 0.882. The largest absolute Gasteiger partial charge is 0.494 e. The van der Waals surface area contributed by atoms with Crippen LogP contribution in [0.4, 0.5) is 0 Å². The highest BCUT2D eigenvalue weighted by Crippen LogP contribution is 2.39. The maximum Gasteiger partial charge on any atom is 0.230 e. The summed E-state index contributed by atoms with van der Waals surface area (Å²) in [6.45, 7) is 3.07. The molecule has 0 fully saturated rings. The van der Waals surface area contributed by atoms with Gasteiger partial charge in [-0.2, -0.15) is 9.61 Å². The summed E-state index contributed by atoms with van der Waals surface area (Å²) in [5.41, 5.74) is 0.995. The first-order chi connectivity index (χ1) is 11.7. The standard InChI is InChI=1S/C16H20N4O3S/c1-3-23-12-6-4-11(5-7-12)13(19(2)8-9-21)14-15(22)20-16(24-14)17-10-18-20/h4-7,10,13,21-22H,3,8-9H2,1-2H3. The molecule has 0 aliphatic carbocycles. The first kappa shape index (κ1) is 16.7. The molecular formula is C16H20N4O3S. The number of thiazole rings is 1. The number of fused-ring (bicyclic) bond motifs is 1. The highest BCUT2D eigenvalue weighted by Gasteiger charge is 2.27. The lowest BCUT2D eigenvalue weighted by Gasteiger charge is -2.27. The molecule has 3 rings (SSSR count). The van der Waals surface area contributed by atoms with Crippen molar-refractivity contribution in [3.05, 3.63) is 41.0 Å². The Morgan fingerprint density at radius 2 is 2.08 bits per heavy atom. The molecule has 0 bridgehead atoms. The van der Waals surface area contributed by atoms with Crippen molar-refractivity contribution >= 4 is 16.3 Å². The SMILES string of the molecule is CCOc1ccc(C(c2sc3ncnn3c2O)N(C)CCO)cc1. The van der Waals surface area contributed by atoms with Crippen molar-refractivity contribution in [1.82, 2.24) is 19.5 Å². The van der Waals surface area contributed by atoms with Crippen molar-refractivity contribution < 1.29 is 14.9 Å². The summed E-state index contributed by atoms with van der Waals surface area (Å²) in [6.07, 6.45) is 1.42. The van der Waals surface area contributed by atoms with Gasteiger partial charge in [-0.3, -0.25) is 4.90 Å². The highest BCUT2D eigenvalue weighted by atomic mass is 32.1. The number of aliphatic hydroxyl groups excluding tert-OH is 1. The lowest BCUT2D eigenvalue weighted by Crippen LogP contribution is -2.28. The Balaban J connectivity index is 2.02. The Morgan fingerprint density at radius 1 is 1.33 bits per heavy atom. The average molecular weight is 348 g/mol. The van der Waals surface area contributed by atoms with Crippen molar-refractivity contribution in [3.63, 3.8) is 0 Å². The van der Waals surface area contributed by atoms with E-state index in [2.05, 4.69) is 10.1 Å². The molecule has 1 unspecified atom stereocenters. The first-order valence-corrected chi connectivity index (χ1v) is 8.52. The summed E-state index contributed by atoms with van der Waals surface area (Å²) in [6, 6.07) is 7.55. The smallest absolute Gasteiger partial charge is 0.230 e. The minimum Gasteiger partial charge on any atom is -0.494 e. The molecule has 24 heavy (non-hydrogen) atoms. The average Bonchev–Trinajstić information content (AvgIpc) is 3.14. The van der Waals surface area contributed by atoms with Crippen LogP contribution in [-0.4, -0.2) is 56.5 Å². The molecular weight excluding hydrogens is 328 g/mol. The van der Waals surface area contributed by atoms with Gasteiger partial charge >= 0.3 is 0 Å². The zero-order valence-corrected chi connectivity index (χ0v) is 14.4. The van der Waals surface area contributed by atoms with E-state index in [0.29, 0.717) is 18.1 Å². The van der Waals surface area contributed by atoms with Crippen molar-refractivity contribution in [2.45, 2.75) is 13.0 Å². The molecule has 0 spiro atoms. The summed E-state index contributed by atoms with van der Waals surface area (Å²) in [4.78, 5) is 7.51. The third kappa shape index (κ3) is 3.08. The molecule has 128 valence electrons. The number of hydrogen-bond donors (Lipinski definition) is 2. The summed E-state index contributed by atoms with van der Waals surface area (Å²) >= 11 is 1.39. The van der Waals surface area contributed by atoms with Crippen LogP contribution < -0.4 is 4.74 Å². The monoisotopic (exact) mass is 348 g/mol. The molecule has 1 aromatic carbocycles. The zero-order valence-electron chi connectivity index (χ0n) is 13.6. The van der Waals surface area contributed by atoms with Gasteiger partial charge in [0.05, 0.1) is 24.1 Å². The normalized spacial score (nSPS) is 12.8. The van der Waals surface area contributed by atoms with Gasteiger partial charge in [0.1, 0.15) is 12.1 Å². The Bertz CT molecular complexity index is 799. The van der Waals surface area contributed by atoms with E-state index in [-0.39, 0.29) is 18.5 Å². The molecule has 1 atom stereocenters. The molecule has 3 aromatic rings. The molecule has 0 amide bonds. The maximum absolute atomic E-state index is 10.5. The topological polar surface area (TPSA) is 83.1 Å². The Morgan fingerprint density at radius 3 is 2.71 bits per heavy atom. The molecule has 0 saturated carbocycles. The second-order valence-corrected chi connectivity index (χ2v) is 6.36. The molecule has 2 N–H and O–H groups in total. The van der Waals surface area contributed by atoms with E-state index < -0.39 is 0 Å². The van der Waals surface area contributed by atoms with Gasteiger partial charge in [-0.15, -0.1) is 0 Å². The summed E-state index contributed by atoms with van der Waals surface area (Å²) in [5, 5.41) is 23.9. The molecule has 0 saturated heterocycles. The van der Waals surface area contributed by atoms with E-state index in [1.165, 1.54) is 22.2 Å². The Labute approximate surface area is 143 Å². The van der Waals surface area contributed by atoms with E-state index in [1.54, 1.807) is 0 Å². The fraction of sp³-hybridized carbons (Fsp3) is 0.375. The van der Waals surface area contributed by atoms with Crippen LogP contribution in [0, 0.1) is 0 Å². The van der Waals surface area contributed by atoms with Crippen molar-refractivity contribution in [3.8, 4) is 11.6 Å². The number of hydrogen-bond acceptors (Lipinski definition) is 7. The van der Waals surface area contributed by atoms with Crippen LogP contribution >= 0.6 is 11.3 Å². The fourth-order valence-corrected chi connectivity index (χ4v) is 3.80. The number of nitrogens with zero attached hydrogens (tertiary/aromatic N) is 4. The molecule has 0 aliphatic heterocycles. The van der Waals surface area contributed by atoms with Crippen molar-refractivity contribution in [2.75, 3.05) is 26.8 Å². The molecule has 7 nitrogen and oxygen atoms in total. The van der Waals surface area contributed by atoms with Gasteiger partial charge in [0.15, 0.2) is 0 Å². The van der Waals surface area contributed by atoms with E-state index >= 15 is 0 Å². The number of ether oxygens (including phenoxy) is 1. The lowest BCUT2D eigenvalue weighted by molar-refractivity contribution is 0.196. The maximum atomic E-state index is 10.5. The number of aromatic nitrogens is 3. The van der Waals surface area contributed by atoms with Gasteiger partial charge in [0, 0.05) is 6.54 Å². The number of benzene rings is 1. The Hall–Kier alpha value is -2.16. The van der Waals surface area contributed by atoms with Gasteiger partial charge in [0.25, 0.3) is 0 Å². The van der Waals surface area contributed by atoms with Crippen LogP contribution in [0.1, 0.15) is 23.4 Å². The van der Waals surface area contributed by atoms with E-state index in [0.717, 1.165) is 16.2 Å². The van der Waals surface area contributed by atoms with Crippen LogP contribution in [0.3, 0.4) is 0 Å². The third-order valence-electron chi connectivity index (χ3n) is 3.79. The van der Waals surface area contributed by atoms with Gasteiger partial charge in [0.2, 0.25) is 10.8 Å². The van der Waals surface area contributed by atoms with Crippen LogP contribution in [0.5, 0.6) is 11.6 Å². The van der Waals surface area contributed by atoms with Gasteiger partial charge in [-0.1, -0.05) is 23.5 Å². The second-order valence-electron chi connectivity index (χ2n) is 5.35. The van der Waals surface area contributed by atoms with E-state index in [9.17, 15) is 10.2 Å². The predicted molar refractivity (Wildman–Crippen MR) is 91.7 cm³/mol. The van der Waals surface area contributed by atoms with Crippen molar-refractivity contribution in [2.24, 2.45) is 0 Å². The second kappa shape index (κ2) is 7.16. The van der Waals surface area contributed by atoms with Crippen LogP contribution in [-0.2, 0) is 0 Å². The molecule has 2 heterocycles. The van der Waals surface area contributed by atoms with Crippen LogP contribution in [0.25, 0.3) is 4.96 Å². The van der Waals surface area contributed by atoms with Gasteiger partial charge < -0.3 is 14.9 Å². The minimum atomic E-state index is -0.207. The number of likely N-dealkylation sites (N-methyl/N-ethyl adjacent to an activating group) is 1. The molecule has 2 aromatic heterocycles. The molecule has 0 radical (unpaired) electrons. The molecule has 8 heteroatoms. The van der Waals surface area contributed by atoms with E-state index in [1.807, 2.05) is 43.1 Å². The lowest BCUT2D eigenvalue weighted by atomic mass is 10.0. The fourth-order valence-electron chi connectivity index (χ4n) is 2.68. The number of rotatable bonds is 7. The summed E-state index contributed by atoms with van der Waals surface area (Å²) in [7, 11) is 1.91. The van der Waals surface area contributed by atoms with Gasteiger partial charge in [-0.05, 0) is 31.7 Å². The quantitative estimate of drug-likeness (QED) is 0.679. The number of aromatic hydroxyl groups is 1. The first-order valence-electron chi connectivity index (χ1n) is 7.71. The minimum absolute atomic E-state index is 0.0333. The number of aliphatic hydroxyl groups is 1. The summed E-state index contributed by atoms with van der Waals surface area (Å²) < 4.78 is 6.91. The van der Waals surface area contributed by atoms with Crippen LogP contribution in [0.2, 0.25) is 0 Å². The van der Waals surface area contributed by atoms with Crippen molar-refractivity contribution in [1.29, 1.82) is 0 Å². The third-order valence-corrected chi connectivity index (χ3v) is 4.87.